The van der Waals surface area contributed by atoms with Gasteiger partial charge in [-0.05, 0) is 48.5 Å². The maximum absolute atomic E-state index is 4.50. The molecule has 1 aromatic heterocycles. The molecule has 0 spiro atoms. The highest BCUT2D eigenvalue weighted by Gasteiger charge is 2.17. The lowest BCUT2D eigenvalue weighted by molar-refractivity contribution is 0.174. The van der Waals surface area contributed by atoms with Gasteiger partial charge in [-0.15, -0.1) is 0 Å². The van der Waals surface area contributed by atoms with Crippen molar-refractivity contribution in [2.45, 2.75) is 66.6 Å². The third-order valence-corrected chi connectivity index (χ3v) is 4.15. The molecule has 1 unspecified atom stereocenters. The lowest BCUT2D eigenvalue weighted by Gasteiger charge is -2.31. The van der Waals surface area contributed by atoms with Gasteiger partial charge in [0, 0.05) is 49.5 Å². The van der Waals surface area contributed by atoms with Crippen LogP contribution in [0, 0.1) is 13.8 Å². The summed E-state index contributed by atoms with van der Waals surface area (Å²) in [5.74, 6) is 0. The predicted molar refractivity (Wildman–Crippen MR) is 86.1 cm³/mol. The van der Waals surface area contributed by atoms with E-state index in [4.69, 9.17) is 0 Å². The maximum Gasteiger partial charge on any atom is 0.0644 e. The molecule has 0 aliphatic rings. The van der Waals surface area contributed by atoms with E-state index in [2.05, 4.69) is 63.8 Å². The largest absolute Gasteiger partial charge is 0.309 e. The van der Waals surface area contributed by atoms with E-state index in [0.29, 0.717) is 18.1 Å². The van der Waals surface area contributed by atoms with Gasteiger partial charge in [0.15, 0.2) is 0 Å². The normalized spacial score (nSPS) is 13.8. The molecular weight excluding hydrogens is 248 g/mol. The zero-order chi connectivity index (χ0) is 15.4. The summed E-state index contributed by atoms with van der Waals surface area (Å²) >= 11 is 0. The number of hydrogen-bond acceptors (Lipinski definition) is 3. The van der Waals surface area contributed by atoms with Crippen LogP contribution in [0.15, 0.2) is 0 Å². The predicted octanol–water partition coefficient (Wildman–Crippen LogP) is 2.81. The van der Waals surface area contributed by atoms with Crippen LogP contribution in [-0.4, -0.2) is 39.9 Å². The van der Waals surface area contributed by atoms with Gasteiger partial charge in [-0.1, -0.05) is 0 Å². The molecule has 0 saturated carbocycles. The molecule has 0 aromatic carbocycles. The van der Waals surface area contributed by atoms with E-state index in [1.807, 2.05) is 11.7 Å². The molecule has 1 rings (SSSR count). The van der Waals surface area contributed by atoms with Crippen LogP contribution >= 0.6 is 0 Å². The maximum atomic E-state index is 4.50. The standard InChI is InChI=1S/C16H32N4/c1-11(2)20(12(3)4)10-9-17-13(5)16-14(6)18-19(8)15(16)7/h11-13,17H,9-10H2,1-8H3. The van der Waals surface area contributed by atoms with E-state index >= 15 is 0 Å². The molecule has 1 heterocycles. The van der Waals surface area contributed by atoms with Crippen LogP contribution in [0.2, 0.25) is 0 Å². The molecule has 116 valence electrons. The summed E-state index contributed by atoms with van der Waals surface area (Å²) < 4.78 is 1.97. The average Bonchev–Trinajstić information content (AvgIpc) is 2.57. The monoisotopic (exact) mass is 280 g/mol. The topological polar surface area (TPSA) is 33.1 Å². The fourth-order valence-electron chi connectivity index (χ4n) is 3.04. The molecule has 1 N–H and O–H groups in total. The molecule has 20 heavy (non-hydrogen) atoms. The fourth-order valence-corrected chi connectivity index (χ4v) is 3.04. The number of aromatic nitrogens is 2. The first-order valence-electron chi connectivity index (χ1n) is 7.74. The summed E-state index contributed by atoms with van der Waals surface area (Å²) in [6.07, 6.45) is 0. The Bertz CT molecular complexity index is 412. The highest BCUT2D eigenvalue weighted by atomic mass is 15.3. The van der Waals surface area contributed by atoms with E-state index in [-0.39, 0.29) is 0 Å². The van der Waals surface area contributed by atoms with Crippen LogP contribution in [0.1, 0.15) is 57.6 Å². The molecule has 0 aliphatic carbocycles. The van der Waals surface area contributed by atoms with Crippen molar-refractivity contribution in [1.82, 2.24) is 20.0 Å². The van der Waals surface area contributed by atoms with Crippen molar-refractivity contribution in [2.75, 3.05) is 13.1 Å². The summed E-state index contributed by atoms with van der Waals surface area (Å²) in [6, 6.07) is 1.54. The van der Waals surface area contributed by atoms with Crippen LogP contribution < -0.4 is 5.32 Å². The van der Waals surface area contributed by atoms with Crippen molar-refractivity contribution in [1.29, 1.82) is 0 Å². The fraction of sp³-hybridized carbons (Fsp3) is 0.812. The van der Waals surface area contributed by atoms with Crippen molar-refractivity contribution < 1.29 is 0 Å². The number of rotatable bonds is 7. The Hall–Kier alpha value is -0.870. The Morgan fingerprint density at radius 3 is 2.05 bits per heavy atom. The Kier molecular flexibility index (Phi) is 6.21. The second kappa shape index (κ2) is 7.23. The van der Waals surface area contributed by atoms with Gasteiger partial charge in [0.2, 0.25) is 0 Å². The number of hydrogen-bond donors (Lipinski definition) is 1. The first kappa shape index (κ1) is 17.2. The molecule has 4 heteroatoms. The molecular formula is C16H32N4. The molecule has 0 fully saturated rings. The lowest BCUT2D eigenvalue weighted by Crippen LogP contribution is -2.41. The first-order chi connectivity index (χ1) is 9.25. The average molecular weight is 280 g/mol. The first-order valence-corrected chi connectivity index (χ1v) is 7.74. The van der Waals surface area contributed by atoms with Crippen LogP contribution in [0.25, 0.3) is 0 Å². The van der Waals surface area contributed by atoms with E-state index in [1.165, 1.54) is 11.3 Å². The zero-order valence-corrected chi connectivity index (χ0v) is 14.5. The van der Waals surface area contributed by atoms with Crippen molar-refractivity contribution in [3.05, 3.63) is 17.0 Å². The summed E-state index contributed by atoms with van der Waals surface area (Å²) in [5, 5.41) is 8.14. The Balaban J connectivity index is 2.57. The molecule has 0 radical (unpaired) electrons. The molecule has 1 aromatic rings. The van der Waals surface area contributed by atoms with Gasteiger partial charge < -0.3 is 5.32 Å². The van der Waals surface area contributed by atoms with Crippen LogP contribution in [0.5, 0.6) is 0 Å². The van der Waals surface area contributed by atoms with Crippen LogP contribution in [0.4, 0.5) is 0 Å². The minimum Gasteiger partial charge on any atom is -0.309 e. The van der Waals surface area contributed by atoms with E-state index in [1.54, 1.807) is 0 Å². The Labute approximate surface area is 124 Å². The third kappa shape index (κ3) is 4.06. The lowest BCUT2D eigenvalue weighted by atomic mass is 10.1. The van der Waals surface area contributed by atoms with Gasteiger partial charge in [0.1, 0.15) is 0 Å². The molecule has 0 bridgehead atoms. The molecule has 0 amide bonds. The molecule has 0 saturated heterocycles. The third-order valence-electron chi connectivity index (χ3n) is 4.15. The van der Waals surface area contributed by atoms with Crippen molar-refractivity contribution >= 4 is 0 Å². The van der Waals surface area contributed by atoms with Gasteiger partial charge in [-0.25, -0.2) is 0 Å². The van der Waals surface area contributed by atoms with E-state index in [9.17, 15) is 0 Å². The second-order valence-electron chi connectivity index (χ2n) is 6.31. The summed E-state index contributed by atoms with van der Waals surface area (Å²) in [5.41, 5.74) is 3.73. The van der Waals surface area contributed by atoms with E-state index in [0.717, 1.165) is 18.8 Å². The van der Waals surface area contributed by atoms with Crippen LogP contribution in [0.3, 0.4) is 0 Å². The number of nitrogens with zero attached hydrogens (tertiary/aromatic N) is 3. The van der Waals surface area contributed by atoms with Gasteiger partial charge in [-0.3, -0.25) is 9.58 Å². The molecule has 4 nitrogen and oxygen atoms in total. The number of nitrogens with one attached hydrogen (secondary N) is 1. The highest BCUT2D eigenvalue weighted by Crippen LogP contribution is 2.20. The Morgan fingerprint density at radius 1 is 1.10 bits per heavy atom. The molecule has 1 atom stereocenters. The van der Waals surface area contributed by atoms with Gasteiger partial charge in [-0.2, -0.15) is 5.10 Å². The van der Waals surface area contributed by atoms with Gasteiger partial charge in [0.05, 0.1) is 5.69 Å². The highest BCUT2D eigenvalue weighted by molar-refractivity contribution is 5.27. The van der Waals surface area contributed by atoms with Crippen molar-refractivity contribution in [2.24, 2.45) is 7.05 Å². The van der Waals surface area contributed by atoms with Gasteiger partial charge in [0.25, 0.3) is 0 Å². The molecule has 0 aliphatic heterocycles. The SMILES string of the molecule is Cc1nn(C)c(C)c1C(C)NCCN(C(C)C)C(C)C. The van der Waals surface area contributed by atoms with Crippen LogP contribution in [-0.2, 0) is 7.05 Å². The second-order valence-corrected chi connectivity index (χ2v) is 6.31. The Morgan fingerprint density at radius 2 is 1.65 bits per heavy atom. The van der Waals surface area contributed by atoms with Gasteiger partial charge >= 0.3 is 0 Å². The summed E-state index contributed by atoms with van der Waals surface area (Å²) in [7, 11) is 2.01. The minimum absolute atomic E-state index is 0.352. The van der Waals surface area contributed by atoms with Crippen molar-refractivity contribution in [3.63, 3.8) is 0 Å². The summed E-state index contributed by atoms with van der Waals surface area (Å²) in [6.45, 7) is 17.6. The quantitative estimate of drug-likeness (QED) is 0.834. The summed E-state index contributed by atoms with van der Waals surface area (Å²) in [4.78, 5) is 2.52. The van der Waals surface area contributed by atoms with Crippen molar-refractivity contribution in [3.8, 4) is 0 Å². The van der Waals surface area contributed by atoms with E-state index < -0.39 is 0 Å². The smallest absolute Gasteiger partial charge is 0.0644 e. The minimum atomic E-state index is 0.352. The number of aryl methyl sites for hydroxylation is 2. The zero-order valence-electron chi connectivity index (χ0n) is 14.5.